The van der Waals surface area contributed by atoms with E-state index < -0.39 is 0 Å². The molecule has 1 aliphatic rings. The van der Waals surface area contributed by atoms with Crippen molar-refractivity contribution in [1.82, 2.24) is 10.2 Å². The molecule has 0 spiro atoms. The second kappa shape index (κ2) is 9.60. The number of aryl methyl sites for hydroxylation is 1. The summed E-state index contributed by atoms with van der Waals surface area (Å²) in [5, 5.41) is 11.9. The Bertz CT molecular complexity index is 1030. The van der Waals surface area contributed by atoms with Crippen LogP contribution in [0.25, 0.3) is 11.3 Å². The molecule has 1 aromatic heterocycles. The van der Waals surface area contributed by atoms with Crippen molar-refractivity contribution in [2.75, 3.05) is 29.9 Å². The van der Waals surface area contributed by atoms with E-state index in [1.165, 1.54) is 5.56 Å². The number of para-hydroxylation sites is 2. The Kier molecular flexibility index (Phi) is 6.46. The number of hydrogen-bond donors (Lipinski definition) is 1. The molecule has 1 fully saturated rings. The topological polar surface area (TPSA) is 67.3 Å². The molecule has 1 aliphatic heterocycles. The number of anilines is 2. The number of carbonyl (C=O) groups is 1. The number of aromatic nitrogens is 2. The van der Waals surface area contributed by atoms with Gasteiger partial charge in [-0.05, 0) is 56.5 Å². The molecule has 31 heavy (non-hydrogen) atoms. The smallest absolute Gasteiger partial charge is 0.227 e. The van der Waals surface area contributed by atoms with Crippen molar-refractivity contribution >= 4 is 17.4 Å². The fourth-order valence-electron chi connectivity index (χ4n) is 3.95. The average molecular weight is 417 g/mol. The van der Waals surface area contributed by atoms with E-state index in [1.807, 2.05) is 55.5 Å². The molecule has 0 atom stereocenters. The van der Waals surface area contributed by atoms with Crippen LogP contribution in [0.1, 0.15) is 25.3 Å². The SMILES string of the molecule is CCOc1ccccc1NC(=O)C1CCN(c2ccc(-c3ccccc3C)nn2)CC1. The highest BCUT2D eigenvalue weighted by atomic mass is 16.5. The van der Waals surface area contributed by atoms with E-state index in [2.05, 4.69) is 39.5 Å². The van der Waals surface area contributed by atoms with Crippen LogP contribution in [0, 0.1) is 12.8 Å². The predicted molar refractivity (Wildman–Crippen MR) is 123 cm³/mol. The Morgan fingerprint density at radius 2 is 1.77 bits per heavy atom. The zero-order valence-corrected chi connectivity index (χ0v) is 18.0. The molecule has 0 saturated carbocycles. The fraction of sp³-hybridized carbons (Fsp3) is 0.320. The van der Waals surface area contributed by atoms with Gasteiger partial charge in [0.05, 0.1) is 18.0 Å². The number of ether oxygens (including phenoxy) is 1. The monoisotopic (exact) mass is 416 g/mol. The summed E-state index contributed by atoms with van der Waals surface area (Å²) in [5.74, 6) is 1.59. The number of nitrogens with one attached hydrogen (secondary N) is 1. The zero-order valence-electron chi connectivity index (χ0n) is 18.0. The van der Waals surface area contributed by atoms with Crippen LogP contribution in [0.15, 0.2) is 60.7 Å². The minimum absolute atomic E-state index is 0.0230. The van der Waals surface area contributed by atoms with E-state index in [4.69, 9.17) is 4.74 Å². The van der Waals surface area contributed by atoms with E-state index >= 15 is 0 Å². The third-order valence-electron chi connectivity index (χ3n) is 5.71. The minimum atomic E-state index is -0.0230. The summed E-state index contributed by atoms with van der Waals surface area (Å²) in [4.78, 5) is 15.0. The van der Waals surface area contributed by atoms with E-state index in [1.54, 1.807) is 0 Å². The highest BCUT2D eigenvalue weighted by molar-refractivity contribution is 5.94. The fourth-order valence-corrected chi connectivity index (χ4v) is 3.95. The van der Waals surface area contributed by atoms with Crippen LogP contribution in [-0.2, 0) is 4.79 Å². The van der Waals surface area contributed by atoms with E-state index in [0.717, 1.165) is 48.7 Å². The molecule has 1 amide bonds. The van der Waals surface area contributed by atoms with Crippen molar-refractivity contribution < 1.29 is 9.53 Å². The second-order valence-electron chi connectivity index (χ2n) is 7.77. The van der Waals surface area contributed by atoms with Gasteiger partial charge in [-0.1, -0.05) is 36.4 Å². The molecule has 6 nitrogen and oxygen atoms in total. The standard InChI is InChI=1S/C25H28N4O2/c1-3-31-23-11-7-6-10-22(23)26-25(30)19-14-16-29(17-15-19)24-13-12-21(27-28-24)20-9-5-4-8-18(20)2/h4-13,19H,3,14-17H2,1-2H3,(H,26,30). The maximum Gasteiger partial charge on any atom is 0.227 e. The zero-order chi connectivity index (χ0) is 21.6. The number of piperidine rings is 1. The van der Waals surface area contributed by atoms with Gasteiger partial charge in [0.1, 0.15) is 5.75 Å². The van der Waals surface area contributed by atoms with Gasteiger partial charge < -0.3 is 15.0 Å². The van der Waals surface area contributed by atoms with Crippen LogP contribution < -0.4 is 15.0 Å². The summed E-state index contributed by atoms with van der Waals surface area (Å²) in [7, 11) is 0. The maximum atomic E-state index is 12.8. The predicted octanol–water partition coefficient (Wildman–Crippen LogP) is 4.71. The molecule has 2 heterocycles. The lowest BCUT2D eigenvalue weighted by Crippen LogP contribution is -2.38. The van der Waals surface area contributed by atoms with Crippen molar-refractivity contribution in [3.05, 3.63) is 66.2 Å². The highest BCUT2D eigenvalue weighted by Crippen LogP contribution is 2.28. The normalized spacial score (nSPS) is 14.3. The second-order valence-corrected chi connectivity index (χ2v) is 7.77. The molecule has 160 valence electrons. The maximum absolute atomic E-state index is 12.8. The Hall–Kier alpha value is -3.41. The first kappa shape index (κ1) is 20.8. The van der Waals surface area contributed by atoms with Crippen molar-refractivity contribution in [2.45, 2.75) is 26.7 Å². The molecule has 1 saturated heterocycles. The first-order chi connectivity index (χ1) is 15.2. The van der Waals surface area contributed by atoms with E-state index in [9.17, 15) is 4.79 Å². The Morgan fingerprint density at radius 1 is 1.03 bits per heavy atom. The molecule has 0 unspecified atom stereocenters. The van der Waals surface area contributed by atoms with Crippen LogP contribution in [0.3, 0.4) is 0 Å². The first-order valence-corrected chi connectivity index (χ1v) is 10.8. The van der Waals surface area contributed by atoms with Crippen LogP contribution in [0.2, 0.25) is 0 Å². The first-order valence-electron chi connectivity index (χ1n) is 10.8. The summed E-state index contributed by atoms with van der Waals surface area (Å²) in [6.07, 6.45) is 1.56. The summed E-state index contributed by atoms with van der Waals surface area (Å²) in [6.45, 7) is 6.14. The summed E-state index contributed by atoms with van der Waals surface area (Å²) in [5.41, 5.74) is 3.89. The van der Waals surface area contributed by atoms with Gasteiger partial charge in [-0.3, -0.25) is 4.79 Å². The lowest BCUT2D eigenvalue weighted by molar-refractivity contribution is -0.120. The molecule has 3 aromatic rings. The number of rotatable bonds is 6. The van der Waals surface area contributed by atoms with Gasteiger partial charge in [0.25, 0.3) is 0 Å². The van der Waals surface area contributed by atoms with Gasteiger partial charge >= 0.3 is 0 Å². The molecule has 4 rings (SSSR count). The van der Waals surface area contributed by atoms with Gasteiger partial charge in [0, 0.05) is 24.6 Å². The van der Waals surface area contributed by atoms with Crippen molar-refractivity contribution in [3.8, 4) is 17.0 Å². The largest absolute Gasteiger partial charge is 0.492 e. The van der Waals surface area contributed by atoms with Gasteiger partial charge in [-0.2, -0.15) is 0 Å². The van der Waals surface area contributed by atoms with E-state index in [-0.39, 0.29) is 11.8 Å². The Labute approximate surface area is 183 Å². The molecule has 1 N–H and O–H groups in total. The van der Waals surface area contributed by atoms with Crippen molar-refractivity contribution in [1.29, 1.82) is 0 Å². The molecular formula is C25H28N4O2. The summed E-state index contributed by atoms with van der Waals surface area (Å²) >= 11 is 0. The van der Waals surface area contributed by atoms with Crippen molar-refractivity contribution in [3.63, 3.8) is 0 Å². The number of amides is 1. The molecule has 2 aromatic carbocycles. The van der Waals surface area contributed by atoms with Crippen LogP contribution in [-0.4, -0.2) is 35.8 Å². The quantitative estimate of drug-likeness (QED) is 0.631. The highest BCUT2D eigenvalue weighted by Gasteiger charge is 2.26. The molecular weight excluding hydrogens is 388 g/mol. The van der Waals surface area contributed by atoms with Crippen LogP contribution in [0.4, 0.5) is 11.5 Å². The van der Waals surface area contributed by atoms with Gasteiger partial charge in [0.2, 0.25) is 5.91 Å². The van der Waals surface area contributed by atoms with E-state index in [0.29, 0.717) is 12.4 Å². The third kappa shape index (κ3) is 4.85. The molecule has 6 heteroatoms. The van der Waals surface area contributed by atoms with Crippen molar-refractivity contribution in [2.24, 2.45) is 5.92 Å². The van der Waals surface area contributed by atoms with Gasteiger partial charge in [0.15, 0.2) is 5.82 Å². The molecule has 0 radical (unpaired) electrons. The Balaban J connectivity index is 1.35. The average Bonchev–Trinajstić information content (AvgIpc) is 2.81. The third-order valence-corrected chi connectivity index (χ3v) is 5.71. The van der Waals surface area contributed by atoms with Crippen LogP contribution >= 0.6 is 0 Å². The van der Waals surface area contributed by atoms with Gasteiger partial charge in [-0.15, -0.1) is 10.2 Å². The van der Waals surface area contributed by atoms with Gasteiger partial charge in [-0.25, -0.2) is 0 Å². The molecule has 0 bridgehead atoms. The lowest BCUT2D eigenvalue weighted by atomic mass is 9.95. The number of nitrogens with zero attached hydrogens (tertiary/aromatic N) is 3. The summed E-state index contributed by atoms with van der Waals surface area (Å²) in [6, 6.07) is 19.8. The Morgan fingerprint density at radius 3 is 2.48 bits per heavy atom. The summed E-state index contributed by atoms with van der Waals surface area (Å²) < 4.78 is 5.61. The number of benzene rings is 2. The lowest BCUT2D eigenvalue weighted by Gasteiger charge is -2.32. The van der Waals surface area contributed by atoms with Crippen LogP contribution in [0.5, 0.6) is 5.75 Å². The minimum Gasteiger partial charge on any atom is -0.492 e. The number of carbonyl (C=O) groups excluding carboxylic acids is 1. The number of hydrogen-bond acceptors (Lipinski definition) is 5. The molecule has 0 aliphatic carbocycles.